The Hall–Kier alpha value is -0.760. The van der Waals surface area contributed by atoms with E-state index in [1.165, 1.54) is 32.4 Å². The highest BCUT2D eigenvalue weighted by atomic mass is 16.5. The van der Waals surface area contributed by atoms with Gasteiger partial charge in [-0.15, -0.1) is 0 Å². The summed E-state index contributed by atoms with van der Waals surface area (Å²) in [6, 6.07) is 0. The molecule has 0 aromatic heterocycles. The van der Waals surface area contributed by atoms with Gasteiger partial charge < -0.3 is 10.1 Å². The molecule has 0 saturated carbocycles. The van der Waals surface area contributed by atoms with Crippen LogP contribution in [0.5, 0.6) is 0 Å². The number of rotatable bonds is 0. The Labute approximate surface area is 74.3 Å². The molecule has 0 bridgehead atoms. The summed E-state index contributed by atoms with van der Waals surface area (Å²) >= 11 is 0. The van der Waals surface area contributed by atoms with Crippen LogP contribution in [0.3, 0.4) is 0 Å². The third-order valence-corrected chi connectivity index (χ3v) is 1.82. The van der Waals surface area contributed by atoms with Gasteiger partial charge >= 0.3 is 0 Å². The Balaban J connectivity index is 0.000000120. The second kappa shape index (κ2) is 6.92. The molecule has 0 atom stereocenters. The van der Waals surface area contributed by atoms with E-state index < -0.39 is 0 Å². The first-order chi connectivity index (χ1) is 6.00. The summed E-state index contributed by atoms with van der Waals surface area (Å²) < 4.78 is 4.80. The molecule has 0 radical (unpaired) electrons. The average molecular weight is 167 g/mol. The van der Waals surface area contributed by atoms with Crippen molar-refractivity contribution in [3.8, 4) is 0 Å². The van der Waals surface area contributed by atoms with Gasteiger partial charge in [0.15, 0.2) is 0 Å². The second-order valence-corrected chi connectivity index (χ2v) is 2.90. The van der Waals surface area contributed by atoms with Crippen LogP contribution in [0.1, 0.15) is 19.3 Å². The molecule has 0 aromatic carbocycles. The van der Waals surface area contributed by atoms with E-state index in [1.54, 1.807) is 6.26 Å². The highest BCUT2D eigenvalue weighted by molar-refractivity contribution is 5.02. The molecule has 1 fully saturated rings. The number of allylic oxidation sites excluding steroid dienone is 2. The van der Waals surface area contributed by atoms with Crippen LogP contribution >= 0.6 is 0 Å². The van der Waals surface area contributed by atoms with E-state index >= 15 is 0 Å². The van der Waals surface area contributed by atoms with Gasteiger partial charge in [-0.25, -0.2) is 0 Å². The lowest BCUT2D eigenvalue weighted by Crippen LogP contribution is -2.21. The van der Waals surface area contributed by atoms with Crippen LogP contribution in [-0.2, 0) is 4.74 Å². The summed E-state index contributed by atoms with van der Waals surface area (Å²) in [6.07, 6.45) is 11.7. The molecular weight excluding hydrogens is 150 g/mol. The first-order valence-electron chi connectivity index (χ1n) is 4.64. The molecule has 1 saturated heterocycles. The van der Waals surface area contributed by atoms with Crippen LogP contribution in [0.25, 0.3) is 0 Å². The molecule has 68 valence electrons. The minimum atomic E-state index is 0.733. The zero-order valence-electron chi connectivity index (χ0n) is 7.46. The number of nitrogens with one attached hydrogen (secondary N) is 1. The maximum Gasteiger partial charge on any atom is 0.106 e. The van der Waals surface area contributed by atoms with Crippen LogP contribution in [0, 0.1) is 0 Å². The smallest absolute Gasteiger partial charge is 0.106 e. The standard InChI is InChI=1S/C5H11N.C5H6O/c2*1-2-4-6-5-3-1/h6H,1-5H2;1-4H,5H2. The van der Waals surface area contributed by atoms with Gasteiger partial charge in [-0.2, -0.15) is 0 Å². The monoisotopic (exact) mass is 167 g/mol. The summed E-state index contributed by atoms with van der Waals surface area (Å²) in [6.45, 7) is 3.23. The Morgan fingerprint density at radius 3 is 2.00 bits per heavy atom. The molecular formula is C10H17NO. The first-order valence-corrected chi connectivity index (χ1v) is 4.64. The maximum absolute atomic E-state index is 4.80. The van der Waals surface area contributed by atoms with Crippen molar-refractivity contribution in [1.82, 2.24) is 5.32 Å². The lowest BCUT2D eigenvalue weighted by molar-refractivity contribution is 0.286. The summed E-state index contributed by atoms with van der Waals surface area (Å²) in [7, 11) is 0. The predicted octanol–water partition coefficient (Wildman–Crippen LogP) is 1.85. The lowest BCUT2D eigenvalue weighted by Gasteiger charge is -2.08. The molecule has 2 rings (SSSR count). The molecule has 0 aliphatic carbocycles. The molecule has 0 spiro atoms. The fraction of sp³-hybridized carbons (Fsp3) is 0.600. The van der Waals surface area contributed by atoms with Gasteiger partial charge in [0, 0.05) is 0 Å². The van der Waals surface area contributed by atoms with Crippen LogP contribution in [0.15, 0.2) is 24.5 Å². The second-order valence-electron chi connectivity index (χ2n) is 2.90. The van der Waals surface area contributed by atoms with Crippen molar-refractivity contribution in [3.63, 3.8) is 0 Å². The molecule has 12 heavy (non-hydrogen) atoms. The summed E-state index contributed by atoms with van der Waals surface area (Å²) in [5.41, 5.74) is 0. The Bertz CT molecular complexity index is 124. The van der Waals surface area contributed by atoms with Gasteiger partial charge in [-0.05, 0) is 38.1 Å². The van der Waals surface area contributed by atoms with Crippen LogP contribution in [0.2, 0.25) is 0 Å². The Kier molecular flexibility index (Phi) is 5.38. The number of hydrogen-bond donors (Lipinski definition) is 1. The first kappa shape index (κ1) is 9.33. The van der Waals surface area contributed by atoms with Gasteiger partial charge in [-0.1, -0.05) is 12.5 Å². The minimum absolute atomic E-state index is 0.733. The number of hydrogen-bond acceptors (Lipinski definition) is 2. The van der Waals surface area contributed by atoms with Crippen LogP contribution in [0.4, 0.5) is 0 Å². The van der Waals surface area contributed by atoms with Gasteiger partial charge in [-0.3, -0.25) is 0 Å². The molecule has 2 aliphatic heterocycles. The Morgan fingerprint density at radius 2 is 1.83 bits per heavy atom. The van der Waals surface area contributed by atoms with E-state index in [1.807, 2.05) is 18.2 Å². The van der Waals surface area contributed by atoms with Crippen LogP contribution < -0.4 is 5.32 Å². The minimum Gasteiger partial charge on any atom is -0.497 e. The zero-order chi connectivity index (χ0) is 8.49. The molecule has 1 N–H and O–H groups in total. The quantitative estimate of drug-likeness (QED) is 0.594. The van der Waals surface area contributed by atoms with Crippen molar-refractivity contribution >= 4 is 0 Å². The maximum atomic E-state index is 4.80. The van der Waals surface area contributed by atoms with E-state index in [9.17, 15) is 0 Å². The summed E-state index contributed by atoms with van der Waals surface area (Å²) in [5, 5.41) is 3.28. The van der Waals surface area contributed by atoms with Gasteiger partial charge in [0.1, 0.15) is 6.61 Å². The van der Waals surface area contributed by atoms with Crippen molar-refractivity contribution in [2.75, 3.05) is 19.7 Å². The molecule has 0 amide bonds. The highest BCUT2D eigenvalue weighted by Crippen LogP contribution is 1.96. The topological polar surface area (TPSA) is 21.3 Å². The third kappa shape index (κ3) is 4.97. The molecule has 2 aliphatic rings. The molecule has 0 unspecified atom stereocenters. The largest absolute Gasteiger partial charge is 0.497 e. The van der Waals surface area contributed by atoms with E-state index in [4.69, 9.17) is 4.74 Å². The predicted molar refractivity (Wildman–Crippen MR) is 51.0 cm³/mol. The van der Waals surface area contributed by atoms with Crippen molar-refractivity contribution in [3.05, 3.63) is 24.5 Å². The van der Waals surface area contributed by atoms with Gasteiger partial charge in [0.25, 0.3) is 0 Å². The number of piperidine rings is 1. The Morgan fingerprint density at radius 1 is 1.00 bits per heavy atom. The normalized spacial score (nSPS) is 20.7. The fourth-order valence-electron chi connectivity index (χ4n) is 1.15. The molecule has 2 heteroatoms. The van der Waals surface area contributed by atoms with Gasteiger partial charge in [0.2, 0.25) is 0 Å². The van der Waals surface area contributed by atoms with Crippen molar-refractivity contribution in [2.24, 2.45) is 0 Å². The summed E-state index contributed by atoms with van der Waals surface area (Å²) in [4.78, 5) is 0. The third-order valence-electron chi connectivity index (χ3n) is 1.82. The van der Waals surface area contributed by atoms with E-state index in [0.717, 1.165) is 6.61 Å². The van der Waals surface area contributed by atoms with Crippen molar-refractivity contribution in [2.45, 2.75) is 19.3 Å². The average Bonchev–Trinajstić information content (AvgIpc) is 2.24. The van der Waals surface area contributed by atoms with E-state index in [-0.39, 0.29) is 0 Å². The molecule has 2 heterocycles. The highest BCUT2D eigenvalue weighted by Gasteiger charge is 1.93. The summed E-state index contributed by atoms with van der Waals surface area (Å²) in [5.74, 6) is 0. The number of ether oxygens (including phenoxy) is 1. The molecule has 2 nitrogen and oxygen atoms in total. The SMILES string of the molecule is C1=CCOC=C1.C1CCNCC1. The van der Waals surface area contributed by atoms with E-state index in [0.29, 0.717) is 0 Å². The zero-order valence-corrected chi connectivity index (χ0v) is 7.46. The van der Waals surface area contributed by atoms with E-state index in [2.05, 4.69) is 5.32 Å². The van der Waals surface area contributed by atoms with Crippen molar-refractivity contribution in [1.29, 1.82) is 0 Å². The fourth-order valence-corrected chi connectivity index (χ4v) is 1.15. The van der Waals surface area contributed by atoms with Gasteiger partial charge in [0.05, 0.1) is 6.26 Å². The lowest BCUT2D eigenvalue weighted by atomic mass is 10.2. The molecule has 0 aromatic rings. The van der Waals surface area contributed by atoms with Crippen molar-refractivity contribution < 1.29 is 4.74 Å². The van der Waals surface area contributed by atoms with Crippen LogP contribution in [-0.4, -0.2) is 19.7 Å².